The summed E-state index contributed by atoms with van der Waals surface area (Å²) in [5.74, 6) is -0.675. The maximum Gasteiger partial charge on any atom is 0.410 e. The van der Waals surface area contributed by atoms with E-state index in [1.54, 1.807) is 6.07 Å². The molecule has 3 aliphatic carbocycles. The van der Waals surface area contributed by atoms with Gasteiger partial charge in [-0.2, -0.15) is 0 Å². The van der Waals surface area contributed by atoms with E-state index in [2.05, 4.69) is 10.3 Å². The highest BCUT2D eigenvalue weighted by Crippen LogP contribution is 2.52. The first kappa shape index (κ1) is 21.8. The molecule has 1 aromatic rings. The number of cyclic esters (lactones) is 1. The number of carbonyl (C=O) groups is 2. The fraction of sp³-hybridized carbons (Fsp3) is 0.682. The molecule has 1 saturated heterocycles. The summed E-state index contributed by atoms with van der Waals surface area (Å²) in [6, 6.07) is 1.70. The van der Waals surface area contributed by atoms with Crippen molar-refractivity contribution >= 4 is 17.7 Å². The summed E-state index contributed by atoms with van der Waals surface area (Å²) in [7, 11) is 0. The quantitative estimate of drug-likeness (QED) is 0.607. The number of alkyl halides is 1. The molecule has 170 valence electrons. The van der Waals surface area contributed by atoms with Gasteiger partial charge < -0.3 is 20.9 Å². The van der Waals surface area contributed by atoms with Crippen molar-refractivity contribution in [3.05, 3.63) is 23.5 Å². The molecule has 1 aliphatic heterocycles. The Morgan fingerprint density at radius 2 is 2.00 bits per heavy atom. The molecule has 2 amide bonds. The normalized spacial score (nSPS) is 29.0. The minimum atomic E-state index is -1.59. The lowest BCUT2D eigenvalue weighted by Crippen LogP contribution is -2.61. The van der Waals surface area contributed by atoms with E-state index in [9.17, 15) is 19.1 Å². The lowest BCUT2D eigenvalue weighted by atomic mass is 9.60. The van der Waals surface area contributed by atoms with E-state index in [4.69, 9.17) is 10.5 Å². The van der Waals surface area contributed by atoms with Crippen LogP contribution in [0.1, 0.15) is 68.4 Å². The molecule has 3 saturated carbocycles. The van der Waals surface area contributed by atoms with Crippen LogP contribution in [0.5, 0.6) is 0 Å². The number of fused-ring (bicyclic) bond motifs is 3. The first-order valence-electron chi connectivity index (χ1n) is 10.9. The molecule has 9 heteroatoms. The van der Waals surface area contributed by atoms with Crippen LogP contribution in [0.3, 0.4) is 0 Å². The first-order chi connectivity index (χ1) is 14.6. The van der Waals surface area contributed by atoms with Crippen LogP contribution in [-0.4, -0.2) is 63.0 Å². The van der Waals surface area contributed by atoms with E-state index in [1.807, 2.05) is 4.90 Å². The molecule has 2 bridgehead atoms. The summed E-state index contributed by atoms with van der Waals surface area (Å²) in [4.78, 5) is 30.5. The van der Waals surface area contributed by atoms with Crippen LogP contribution in [0.15, 0.2) is 12.3 Å². The molecule has 0 spiro atoms. The van der Waals surface area contributed by atoms with Gasteiger partial charge in [-0.3, -0.25) is 14.7 Å². The molecule has 4 fully saturated rings. The topological polar surface area (TPSA) is 118 Å². The van der Waals surface area contributed by atoms with Crippen molar-refractivity contribution in [3.8, 4) is 0 Å². The number of aromatic nitrogens is 1. The van der Waals surface area contributed by atoms with Crippen LogP contribution in [-0.2, 0) is 11.2 Å². The third-order valence-corrected chi connectivity index (χ3v) is 7.35. The van der Waals surface area contributed by atoms with Gasteiger partial charge in [0.2, 0.25) is 0 Å². The number of nitrogens with two attached hydrogens (primary N) is 1. The van der Waals surface area contributed by atoms with Gasteiger partial charge in [-0.15, -0.1) is 0 Å². The van der Waals surface area contributed by atoms with Gasteiger partial charge in [0, 0.05) is 23.7 Å². The van der Waals surface area contributed by atoms with Gasteiger partial charge in [-0.1, -0.05) is 0 Å². The zero-order valence-corrected chi connectivity index (χ0v) is 18.1. The second kappa shape index (κ2) is 7.62. The smallest absolute Gasteiger partial charge is 0.410 e. The van der Waals surface area contributed by atoms with Gasteiger partial charge >= 0.3 is 6.09 Å². The zero-order chi connectivity index (χ0) is 22.4. The van der Waals surface area contributed by atoms with Gasteiger partial charge in [0.1, 0.15) is 12.8 Å². The lowest BCUT2D eigenvalue weighted by molar-refractivity contribution is -0.00308. The first-order valence-corrected chi connectivity index (χ1v) is 10.9. The van der Waals surface area contributed by atoms with Crippen molar-refractivity contribution in [2.24, 2.45) is 5.73 Å². The standard InChI is InChI=1S/C22H31FN4O4/c1-20(2,30)16(23)13-15-17(18(24)28)14(3-10-25-15)26-21-4-7-22(8-5-21,9-6-21)27-11-12-31-19(27)29/h3,10,16,30H,4-9,11-13H2,1-2H3,(H2,24,28)(H,25,26)/t16-,21?,22?/m1/s1. The van der Waals surface area contributed by atoms with Crippen molar-refractivity contribution < 1.29 is 23.8 Å². The molecule has 0 aromatic carbocycles. The zero-order valence-electron chi connectivity index (χ0n) is 18.1. The summed E-state index contributed by atoms with van der Waals surface area (Å²) in [5, 5.41) is 13.5. The third kappa shape index (κ3) is 3.95. The highest BCUT2D eigenvalue weighted by atomic mass is 19.1. The number of anilines is 1. The van der Waals surface area contributed by atoms with Crippen molar-refractivity contribution in [1.29, 1.82) is 0 Å². The van der Waals surface area contributed by atoms with Gasteiger partial charge in [0.15, 0.2) is 0 Å². The van der Waals surface area contributed by atoms with Crippen LogP contribution in [0, 0.1) is 0 Å². The van der Waals surface area contributed by atoms with Crippen molar-refractivity contribution in [1.82, 2.24) is 9.88 Å². The predicted molar refractivity (Wildman–Crippen MR) is 112 cm³/mol. The molecule has 1 aromatic heterocycles. The van der Waals surface area contributed by atoms with Crippen molar-refractivity contribution in [2.75, 3.05) is 18.5 Å². The molecule has 1 atom stereocenters. The van der Waals surface area contributed by atoms with E-state index in [-0.39, 0.29) is 34.8 Å². The van der Waals surface area contributed by atoms with E-state index < -0.39 is 17.7 Å². The Balaban J connectivity index is 1.54. The average Bonchev–Trinajstić information content (AvgIpc) is 3.15. The highest BCUT2D eigenvalue weighted by molar-refractivity contribution is 5.99. The number of pyridine rings is 1. The van der Waals surface area contributed by atoms with E-state index in [0.717, 1.165) is 38.5 Å². The fourth-order valence-electron chi connectivity index (χ4n) is 5.33. The average molecular weight is 435 g/mol. The van der Waals surface area contributed by atoms with Crippen molar-refractivity contribution in [3.63, 3.8) is 0 Å². The maximum absolute atomic E-state index is 14.5. The Morgan fingerprint density at radius 1 is 1.35 bits per heavy atom. The summed E-state index contributed by atoms with van der Waals surface area (Å²) in [6.45, 7) is 3.86. The Hall–Kier alpha value is -2.42. The molecule has 4 N–H and O–H groups in total. The summed E-state index contributed by atoms with van der Waals surface area (Å²) in [5.41, 5.74) is 4.73. The van der Waals surface area contributed by atoms with Crippen LogP contribution in [0.2, 0.25) is 0 Å². The summed E-state index contributed by atoms with van der Waals surface area (Å²) < 4.78 is 19.7. The van der Waals surface area contributed by atoms with E-state index >= 15 is 0 Å². The van der Waals surface area contributed by atoms with Crippen LogP contribution in [0.4, 0.5) is 14.9 Å². The molecule has 8 nitrogen and oxygen atoms in total. The van der Waals surface area contributed by atoms with Crippen molar-refractivity contribution in [2.45, 2.75) is 81.6 Å². The maximum atomic E-state index is 14.5. The summed E-state index contributed by atoms with van der Waals surface area (Å²) >= 11 is 0. The van der Waals surface area contributed by atoms with Crippen LogP contribution < -0.4 is 11.1 Å². The Kier molecular flexibility index (Phi) is 5.36. The molecule has 4 aliphatic rings. The fourth-order valence-corrected chi connectivity index (χ4v) is 5.33. The molecule has 5 rings (SSSR count). The molecular formula is C22H31FN4O4. The predicted octanol–water partition coefficient (Wildman–Crippen LogP) is 2.54. The number of halogens is 1. The monoisotopic (exact) mass is 434 g/mol. The Morgan fingerprint density at radius 3 is 2.52 bits per heavy atom. The largest absolute Gasteiger partial charge is 0.448 e. The lowest BCUT2D eigenvalue weighted by Gasteiger charge is -2.56. The van der Waals surface area contributed by atoms with Crippen LogP contribution >= 0.6 is 0 Å². The number of aliphatic hydroxyl groups is 1. The number of hydrogen-bond acceptors (Lipinski definition) is 6. The Labute approximate surface area is 181 Å². The number of nitrogens with zero attached hydrogens (tertiary/aromatic N) is 2. The number of amides is 2. The minimum absolute atomic E-state index is 0.138. The van der Waals surface area contributed by atoms with Gasteiger partial charge in [-0.05, 0) is 58.4 Å². The highest BCUT2D eigenvalue weighted by Gasteiger charge is 2.54. The van der Waals surface area contributed by atoms with Crippen LogP contribution in [0.25, 0.3) is 0 Å². The van der Waals surface area contributed by atoms with E-state index in [0.29, 0.717) is 18.8 Å². The third-order valence-electron chi connectivity index (χ3n) is 7.35. The molecule has 2 heterocycles. The second-order valence-electron chi connectivity index (χ2n) is 9.77. The molecule has 31 heavy (non-hydrogen) atoms. The number of hydrogen-bond donors (Lipinski definition) is 3. The minimum Gasteiger partial charge on any atom is -0.448 e. The molecule has 0 unspecified atom stereocenters. The number of primary amides is 1. The number of carbonyl (C=O) groups excluding carboxylic acids is 2. The SMILES string of the molecule is CC(C)(O)[C@H](F)Cc1nccc(NC23CCC(N4CCOC4=O)(CC2)CC3)c1C(N)=O. The second-order valence-corrected chi connectivity index (χ2v) is 9.77. The van der Waals surface area contributed by atoms with Gasteiger partial charge in [0.05, 0.1) is 29.1 Å². The Bertz CT molecular complexity index is 860. The molecular weight excluding hydrogens is 403 g/mol. The van der Waals surface area contributed by atoms with Gasteiger partial charge in [-0.25, -0.2) is 9.18 Å². The summed E-state index contributed by atoms with van der Waals surface area (Å²) in [6.07, 6.45) is 4.67. The number of ether oxygens (including phenoxy) is 1. The number of nitrogens with one attached hydrogen (secondary N) is 1. The van der Waals surface area contributed by atoms with Gasteiger partial charge in [0.25, 0.3) is 5.91 Å². The van der Waals surface area contributed by atoms with E-state index in [1.165, 1.54) is 20.0 Å². The number of rotatable bonds is 7. The molecule has 0 radical (unpaired) electrons.